The molecule has 1 amide bonds. The maximum absolute atomic E-state index is 12.2. The number of halogens is 1. The molecule has 2 atom stereocenters. The monoisotopic (exact) mass is 281 g/mol. The van der Waals surface area contributed by atoms with Crippen molar-refractivity contribution in [1.29, 1.82) is 0 Å². The second kappa shape index (κ2) is 5.51. The van der Waals surface area contributed by atoms with Crippen LogP contribution in [0, 0.1) is 5.92 Å². The van der Waals surface area contributed by atoms with Gasteiger partial charge in [-0.1, -0.05) is 23.7 Å². The van der Waals surface area contributed by atoms with Crippen molar-refractivity contribution in [3.05, 3.63) is 34.9 Å². The summed E-state index contributed by atoms with van der Waals surface area (Å²) >= 11 is 5.99. The van der Waals surface area contributed by atoms with Gasteiger partial charge in [-0.2, -0.15) is 0 Å². The van der Waals surface area contributed by atoms with Gasteiger partial charge in [-0.3, -0.25) is 4.79 Å². The van der Waals surface area contributed by atoms with Crippen LogP contribution in [0.3, 0.4) is 0 Å². The lowest BCUT2D eigenvalue weighted by Gasteiger charge is -2.29. The molecule has 2 N–H and O–H groups in total. The molecule has 0 radical (unpaired) electrons. The third-order valence-electron chi connectivity index (χ3n) is 3.80. The fraction of sp³-hybridized carbons (Fsp3) is 0.533. The Morgan fingerprint density at radius 1 is 1.42 bits per heavy atom. The molecule has 0 heterocycles. The van der Waals surface area contributed by atoms with Crippen molar-refractivity contribution in [1.82, 2.24) is 5.32 Å². The fourth-order valence-electron chi connectivity index (χ4n) is 2.60. The van der Waals surface area contributed by atoms with Crippen molar-refractivity contribution in [2.45, 2.75) is 44.8 Å². The van der Waals surface area contributed by atoms with Gasteiger partial charge in [0.15, 0.2) is 0 Å². The zero-order chi connectivity index (χ0) is 14.0. The Labute approximate surface area is 119 Å². The molecule has 2 unspecified atom stereocenters. The van der Waals surface area contributed by atoms with Gasteiger partial charge in [0.1, 0.15) is 0 Å². The normalized spacial score (nSPS) is 23.4. The average molecular weight is 282 g/mol. The van der Waals surface area contributed by atoms with Gasteiger partial charge in [0.05, 0.1) is 17.6 Å². The van der Waals surface area contributed by atoms with E-state index >= 15 is 0 Å². The molecule has 4 heteroatoms. The lowest BCUT2D eigenvalue weighted by Crippen LogP contribution is -2.45. The molecule has 1 fully saturated rings. The SMILES string of the molecule is CC(C)(NC(=O)C1CCCC1O)c1cccc(Cl)c1. The van der Waals surface area contributed by atoms with E-state index in [1.807, 2.05) is 38.1 Å². The van der Waals surface area contributed by atoms with Crippen LogP contribution in [-0.2, 0) is 10.3 Å². The van der Waals surface area contributed by atoms with Gasteiger partial charge < -0.3 is 10.4 Å². The predicted octanol–water partition coefficient (Wildman–Crippen LogP) is 2.85. The van der Waals surface area contributed by atoms with Crippen LogP contribution in [-0.4, -0.2) is 17.1 Å². The second-order valence-electron chi connectivity index (χ2n) is 5.73. The number of benzene rings is 1. The van der Waals surface area contributed by atoms with E-state index in [4.69, 9.17) is 11.6 Å². The molecule has 0 aromatic heterocycles. The Morgan fingerprint density at radius 3 is 2.74 bits per heavy atom. The molecule has 0 bridgehead atoms. The minimum Gasteiger partial charge on any atom is -0.392 e. The smallest absolute Gasteiger partial charge is 0.226 e. The first-order valence-corrected chi connectivity index (χ1v) is 7.04. The van der Waals surface area contributed by atoms with Crippen LogP contribution in [0.15, 0.2) is 24.3 Å². The highest BCUT2D eigenvalue weighted by molar-refractivity contribution is 6.30. The topological polar surface area (TPSA) is 49.3 Å². The summed E-state index contributed by atoms with van der Waals surface area (Å²) in [5.41, 5.74) is 0.463. The van der Waals surface area contributed by atoms with Crippen LogP contribution < -0.4 is 5.32 Å². The van der Waals surface area contributed by atoms with Crippen molar-refractivity contribution in [2.75, 3.05) is 0 Å². The summed E-state index contributed by atoms with van der Waals surface area (Å²) < 4.78 is 0. The molecule has 1 aromatic rings. The number of rotatable bonds is 3. The first-order valence-electron chi connectivity index (χ1n) is 6.66. The summed E-state index contributed by atoms with van der Waals surface area (Å²) in [6.07, 6.45) is 1.89. The number of carbonyl (C=O) groups excluding carboxylic acids is 1. The van der Waals surface area contributed by atoms with E-state index in [2.05, 4.69) is 5.32 Å². The summed E-state index contributed by atoms with van der Waals surface area (Å²) in [7, 11) is 0. The van der Waals surface area contributed by atoms with Crippen molar-refractivity contribution in [2.24, 2.45) is 5.92 Å². The van der Waals surface area contributed by atoms with Crippen LogP contribution in [0.5, 0.6) is 0 Å². The van der Waals surface area contributed by atoms with Crippen LogP contribution in [0.25, 0.3) is 0 Å². The Bertz CT molecular complexity index is 473. The largest absolute Gasteiger partial charge is 0.392 e. The maximum atomic E-state index is 12.2. The molecule has 1 saturated carbocycles. The van der Waals surface area contributed by atoms with Gasteiger partial charge in [0, 0.05) is 5.02 Å². The minimum atomic E-state index is -0.504. The molecule has 1 aromatic carbocycles. The molecule has 1 aliphatic rings. The van der Waals surface area contributed by atoms with Gasteiger partial charge in [-0.15, -0.1) is 0 Å². The van der Waals surface area contributed by atoms with E-state index in [9.17, 15) is 9.90 Å². The molecule has 104 valence electrons. The van der Waals surface area contributed by atoms with E-state index in [0.717, 1.165) is 24.8 Å². The van der Waals surface area contributed by atoms with Gasteiger partial charge in [-0.25, -0.2) is 0 Å². The summed E-state index contributed by atoms with van der Waals surface area (Å²) in [5.74, 6) is -0.353. The first-order chi connectivity index (χ1) is 8.90. The quantitative estimate of drug-likeness (QED) is 0.895. The van der Waals surface area contributed by atoms with Crippen LogP contribution in [0.4, 0.5) is 0 Å². The molecular weight excluding hydrogens is 262 g/mol. The summed E-state index contributed by atoms with van der Waals surface area (Å²) in [4.78, 5) is 12.2. The predicted molar refractivity (Wildman–Crippen MR) is 76.0 cm³/mol. The van der Waals surface area contributed by atoms with Crippen molar-refractivity contribution in [3.63, 3.8) is 0 Å². The average Bonchev–Trinajstić information content (AvgIpc) is 2.75. The third-order valence-corrected chi connectivity index (χ3v) is 4.03. The Hall–Kier alpha value is -1.06. The van der Waals surface area contributed by atoms with Gasteiger partial charge in [-0.05, 0) is 50.8 Å². The van der Waals surface area contributed by atoms with E-state index in [1.165, 1.54) is 0 Å². The summed E-state index contributed by atoms with van der Waals surface area (Å²) in [6.45, 7) is 3.88. The van der Waals surface area contributed by atoms with Gasteiger partial charge >= 0.3 is 0 Å². The highest BCUT2D eigenvalue weighted by atomic mass is 35.5. The van der Waals surface area contributed by atoms with Crippen LogP contribution in [0.2, 0.25) is 5.02 Å². The zero-order valence-electron chi connectivity index (χ0n) is 11.3. The van der Waals surface area contributed by atoms with E-state index in [-0.39, 0.29) is 11.8 Å². The molecule has 19 heavy (non-hydrogen) atoms. The maximum Gasteiger partial charge on any atom is 0.226 e. The number of carbonyl (C=O) groups is 1. The number of amides is 1. The lowest BCUT2D eigenvalue weighted by atomic mass is 9.92. The Kier molecular flexibility index (Phi) is 4.16. The Morgan fingerprint density at radius 2 is 2.16 bits per heavy atom. The molecule has 3 nitrogen and oxygen atoms in total. The second-order valence-corrected chi connectivity index (χ2v) is 6.17. The van der Waals surface area contributed by atoms with Crippen molar-refractivity contribution >= 4 is 17.5 Å². The number of hydrogen-bond donors (Lipinski definition) is 2. The molecule has 2 rings (SSSR count). The number of nitrogens with one attached hydrogen (secondary N) is 1. The van der Waals surface area contributed by atoms with Gasteiger partial charge in [0.25, 0.3) is 0 Å². The highest BCUT2D eigenvalue weighted by Crippen LogP contribution is 2.28. The van der Waals surface area contributed by atoms with Gasteiger partial charge in [0.2, 0.25) is 5.91 Å². The van der Waals surface area contributed by atoms with Crippen molar-refractivity contribution in [3.8, 4) is 0 Å². The number of aliphatic hydroxyl groups excluding tert-OH is 1. The van der Waals surface area contributed by atoms with E-state index < -0.39 is 11.6 Å². The lowest BCUT2D eigenvalue weighted by molar-refractivity contribution is -0.129. The first kappa shape index (κ1) is 14.4. The molecule has 0 saturated heterocycles. The molecule has 1 aliphatic carbocycles. The third kappa shape index (κ3) is 3.28. The highest BCUT2D eigenvalue weighted by Gasteiger charge is 2.34. The number of aliphatic hydroxyl groups is 1. The van der Waals surface area contributed by atoms with E-state index in [0.29, 0.717) is 5.02 Å². The summed E-state index contributed by atoms with van der Waals surface area (Å²) in [6, 6.07) is 7.48. The molecule has 0 aliphatic heterocycles. The molecular formula is C15H20ClNO2. The van der Waals surface area contributed by atoms with Crippen LogP contribution in [0.1, 0.15) is 38.7 Å². The molecule has 0 spiro atoms. The van der Waals surface area contributed by atoms with Crippen molar-refractivity contribution < 1.29 is 9.90 Å². The standard InChI is InChI=1S/C15H20ClNO2/c1-15(2,10-5-3-6-11(16)9-10)17-14(19)12-7-4-8-13(12)18/h3,5-6,9,12-13,18H,4,7-8H2,1-2H3,(H,17,19). The number of hydrogen-bond acceptors (Lipinski definition) is 2. The minimum absolute atomic E-state index is 0.0741. The van der Waals surface area contributed by atoms with E-state index in [1.54, 1.807) is 0 Å². The fourth-order valence-corrected chi connectivity index (χ4v) is 2.79. The summed E-state index contributed by atoms with van der Waals surface area (Å²) in [5, 5.41) is 13.5. The Balaban J connectivity index is 2.10. The zero-order valence-corrected chi connectivity index (χ0v) is 12.1. The van der Waals surface area contributed by atoms with Crippen LogP contribution >= 0.6 is 11.6 Å².